The Hall–Kier alpha value is -2.31. The molecule has 0 aliphatic carbocycles. The third kappa shape index (κ3) is 2.51. The number of rotatable bonds is 4. The fraction of sp³-hybridized carbons (Fsp3) is 0.200. The van der Waals surface area contributed by atoms with Gasteiger partial charge in [0.15, 0.2) is 0 Å². The van der Waals surface area contributed by atoms with Gasteiger partial charge in [0.25, 0.3) is 0 Å². The summed E-state index contributed by atoms with van der Waals surface area (Å²) < 4.78 is 23.9. The Morgan fingerprint density at radius 2 is 2.00 bits per heavy atom. The van der Waals surface area contributed by atoms with Crippen LogP contribution in [-0.2, 0) is 4.74 Å². The quantitative estimate of drug-likeness (QED) is 0.798. The maximum absolute atomic E-state index is 13.8. The normalized spacial score (nSPS) is 12.7. The summed E-state index contributed by atoms with van der Waals surface area (Å²) in [4.78, 5) is 4.27. The molecule has 2 N–H and O–H groups in total. The number of hydrogen-bond donors (Lipinski definition) is 1. The Balaban J connectivity index is 2.07. The first-order chi connectivity index (χ1) is 10.2. The van der Waals surface area contributed by atoms with Crippen molar-refractivity contribution in [2.24, 2.45) is 5.73 Å². The van der Waals surface area contributed by atoms with Gasteiger partial charge < -0.3 is 15.0 Å². The van der Waals surface area contributed by atoms with Crippen LogP contribution in [-0.4, -0.2) is 23.9 Å². The first-order valence-electron chi connectivity index (χ1n) is 6.46. The van der Waals surface area contributed by atoms with Crippen LogP contribution in [0.4, 0.5) is 4.39 Å². The van der Waals surface area contributed by atoms with Gasteiger partial charge in [-0.15, -0.1) is 0 Å². The van der Waals surface area contributed by atoms with Gasteiger partial charge in [-0.2, -0.15) is 4.98 Å². The van der Waals surface area contributed by atoms with E-state index in [-0.39, 0.29) is 12.4 Å². The minimum atomic E-state index is -0.483. The summed E-state index contributed by atoms with van der Waals surface area (Å²) in [5, 5.41) is 5.17. The molecule has 6 heteroatoms. The van der Waals surface area contributed by atoms with Gasteiger partial charge in [0, 0.05) is 18.1 Å². The second kappa shape index (κ2) is 5.59. The van der Waals surface area contributed by atoms with Gasteiger partial charge in [0.2, 0.25) is 11.7 Å². The van der Waals surface area contributed by atoms with E-state index < -0.39 is 6.04 Å². The molecule has 1 atom stereocenters. The van der Waals surface area contributed by atoms with Crippen LogP contribution in [0.15, 0.2) is 40.9 Å². The van der Waals surface area contributed by atoms with Crippen LogP contribution in [0, 0.1) is 5.82 Å². The smallest absolute Gasteiger partial charge is 0.246 e. The average molecular weight is 287 g/mol. The molecule has 0 radical (unpaired) electrons. The van der Waals surface area contributed by atoms with Crippen LogP contribution in [0.2, 0.25) is 0 Å². The molecule has 5 nitrogen and oxygen atoms in total. The van der Waals surface area contributed by atoms with E-state index in [1.165, 1.54) is 6.07 Å². The van der Waals surface area contributed by atoms with Crippen molar-refractivity contribution in [2.75, 3.05) is 13.7 Å². The highest BCUT2D eigenvalue weighted by atomic mass is 19.1. The van der Waals surface area contributed by atoms with Gasteiger partial charge in [0.05, 0.1) is 6.61 Å². The third-order valence-corrected chi connectivity index (χ3v) is 3.22. The van der Waals surface area contributed by atoms with Crippen molar-refractivity contribution in [3.05, 3.63) is 48.1 Å². The summed E-state index contributed by atoms with van der Waals surface area (Å²) in [5.74, 6) is 0.391. The first-order valence-corrected chi connectivity index (χ1v) is 6.46. The SMILES string of the molecule is COCC(N)c1nc(-c2ccc(F)c3ccccc23)no1. The molecule has 0 fully saturated rings. The molecule has 0 bridgehead atoms. The highest BCUT2D eigenvalue weighted by molar-refractivity contribution is 5.95. The minimum absolute atomic E-state index is 0.283. The lowest BCUT2D eigenvalue weighted by Gasteiger charge is -2.04. The molecule has 1 unspecified atom stereocenters. The second-order valence-electron chi connectivity index (χ2n) is 4.66. The van der Waals surface area contributed by atoms with Crippen molar-refractivity contribution in [3.63, 3.8) is 0 Å². The summed E-state index contributed by atoms with van der Waals surface area (Å²) in [5.41, 5.74) is 6.55. The number of benzene rings is 2. The molecule has 0 aliphatic heterocycles. The van der Waals surface area contributed by atoms with Crippen LogP contribution < -0.4 is 5.73 Å². The summed E-state index contributed by atoms with van der Waals surface area (Å²) in [6.45, 7) is 0.284. The molecule has 0 spiro atoms. The maximum atomic E-state index is 13.8. The number of halogens is 1. The Morgan fingerprint density at radius 1 is 1.24 bits per heavy atom. The summed E-state index contributed by atoms with van der Waals surface area (Å²) in [6, 6.07) is 9.69. The molecule has 3 rings (SSSR count). The Kier molecular flexibility index (Phi) is 3.64. The molecule has 3 aromatic rings. The van der Waals surface area contributed by atoms with Crippen molar-refractivity contribution in [1.29, 1.82) is 0 Å². The monoisotopic (exact) mass is 287 g/mol. The number of aromatic nitrogens is 2. The highest BCUT2D eigenvalue weighted by Gasteiger charge is 2.17. The summed E-state index contributed by atoms with van der Waals surface area (Å²) in [7, 11) is 1.55. The van der Waals surface area contributed by atoms with Crippen LogP contribution >= 0.6 is 0 Å². The fourth-order valence-electron chi connectivity index (χ4n) is 2.20. The number of fused-ring (bicyclic) bond motifs is 1. The van der Waals surface area contributed by atoms with Crippen molar-refractivity contribution in [1.82, 2.24) is 10.1 Å². The molecule has 0 saturated carbocycles. The van der Waals surface area contributed by atoms with E-state index in [1.54, 1.807) is 25.3 Å². The Morgan fingerprint density at radius 3 is 2.76 bits per heavy atom. The standard InChI is InChI=1S/C15H14FN3O2/c1-20-8-13(17)15-18-14(19-21-15)11-6-7-12(16)10-5-3-2-4-9(10)11/h2-7,13H,8,17H2,1H3. The van der Waals surface area contributed by atoms with Crippen LogP contribution in [0.25, 0.3) is 22.2 Å². The molecular weight excluding hydrogens is 273 g/mol. The van der Waals surface area contributed by atoms with Crippen molar-refractivity contribution < 1.29 is 13.7 Å². The van der Waals surface area contributed by atoms with Crippen LogP contribution in [0.3, 0.4) is 0 Å². The van der Waals surface area contributed by atoms with Gasteiger partial charge in [-0.05, 0) is 17.5 Å². The van der Waals surface area contributed by atoms with E-state index in [4.69, 9.17) is 15.0 Å². The molecule has 0 amide bonds. The summed E-state index contributed by atoms with van der Waals surface area (Å²) >= 11 is 0. The zero-order chi connectivity index (χ0) is 14.8. The molecule has 2 aromatic carbocycles. The third-order valence-electron chi connectivity index (χ3n) is 3.22. The average Bonchev–Trinajstić information content (AvgIpc) is 2.98. The predicted octanol–water partition coefficient (Wildman–Crippen LogP) is 2.68. The van der Waals surface area contributed by atoms with Gasteiger partial charge >= 0.3 is 0 Å². The largest absolute Gasteiger partial charge is 0.383 e. The van der Waals surface area contributed by atoms with Crippen LogP contribution in [0.5, 0.6) is 0 Å². The van der Waals surface area contributed by atoms with E-state index >= 15 is 0 Å². The lowest BCUT2D eigenvalue weighted by atomic mass is 10.0. The number of methoxy groups -OCH3 is 1. The number of ether oxygens (including phenoxy) is 1. The lowest BCUT2D eigenvalue weighted by molar-refractivity contribution is 0.166. The fourth-order valence-corrected chi connectivity index (χ4v) is 2.20. The zero-order valence-corrected chi connectivity index (χ0v) is 11.4. The molecule has 1 heterocycles. The van der Waals surface area contributed by atoms with Crippen molar-refractivity contribution in [2.45, 2.75) is 6.04 Å². The van der Waals surface area contributed by atoms with Crippen molar-refractivity contribution in [3.8, 4) is 11.4 Å². The minimum Gasteiger partial charge on any atom is -0.383 e. The maximum Gasteiger partial charge on any atom is 0.246 e. The van der Waals surface area contributed by atoms with Gasteiger partial charge in [-0.25, -0.2) is 4.39 Å². The van der Waals surface area contributed by atoms with Gasteiger partial charge in [0.1, 0.15) is 11.9 Å². The zero-order valence-electron chi connectivity index (χ0n) is 11.4. The lowest BCUT2D eigenvalue weighted by Crippen LogP contribution is -2.16. The van der Waals surface area contributed by atoms with Crippen molar-refractivity contribution >= 4 is 10.8 Å². The van der Waals surface area contributed by atoms with E-state index in [0.29, 0.717) is 22.7 Å². The molecule has 21 heavy (non-hydrogen) atoms. The topological polar surface area (TPSA) is 74.2 Å². The molecule has 0 saturated heterocycles. The Labute approximate surface area is 120 Å². The molecule has 0 aliphatic rings. The number of nitrogens with zero attached hydrogens (tertiary/aromatic N) is 2. The second-order valence-corrected chi connectivity index (χ2v) is 4.66. The first kappa shape index (κ1) is 13.7. The van der Waals surface area contributed by atoms with Gasteiger partial charge in [-0.1, -0.05) is 29.4 Å². The van der Waals surface area contributed by atoms with E-state index in [1.807, 2.05) is 12.1 Å². The molecule has 108 valence electrons. The molecular formula is C15H14FN3O2. The predicted molar refractivity (Wildman–Crippen MR) is 76.0 cm³/mol. The number of nitrogens with two attached hydrogens (primary N) is 1. The Bertz CT molecular complexity index is 772. The summed E-state index contributed by atoms with van der Waals surface area (Å²) in [6.07, 6.45) is 0. The molecule has 1 aromatic heterocycles. The van der Waals surface area contributed by atoms with Gasteiger partial charge in [-0.3, -0.25) is 0 Å². The highest BCUT2D eigenvalue weighted by Crippen LogP contribution is 2.28. The van der Waals surface area contributed by atoms with E-state index in [2.05, 4.69) is 10.1 Å². The van der Waals surface area contributed by atoms with E-state index in [0.717, 1.165) is 5.39 Å². The number of hydrogen-bond acceptors (Lipinski definition) is 5. The van der Waals surface area contributed by atoms with E-state index in [9.17, 15) is 4.39 Å². The van der Waals surface area contributed by atoms with Crippen LogP contribution in [0.1, 0.15) is 11.9 Å².